The van der Waals surface area contributed by atoms with Gasteiger partial charge in [-0.05, 0) is 29.2 Å². The number of rotatable bonds is 7. The highest BCUT2D eigenvalue weighted by atomic mass is 16.2. The first kappa shape index (κ1) is 21.5. The molecule has 5 heteroatoms. The lowest BCUT2D eigenvalue weighted by Crippen LogP contribution is -2.51. The van der Waals surface area contributed by atoms with E-state index in [0.29, 0.717) is 11.1 Å². The van der Waals surface area contributed by atoms with E-state index in [1.807, 2.05) is 74.5 Å². The zero-order valence-corrected chi connectivity index (χ0v) is 18.2. The molecule has 2 atom stereocenters. The summed E-state index contributed by atoms with van der Waals surface area (Å²) in [6.45, 7) is 4.07. The summed E-state index contributed by atoms with van der Waals surface area (Å²) >= 11 is 0. The third kappa shape index (κ3) is 4.19. The number of nitrogens with zero attached hydrogens (tertiary/aromatic N) is 1. The van der Waals surface area contributed by atoms with Gasteiger partial charge in [0.1, 0.15) is 6.04 Å². The summed E-state index contributed by atoms with van der Waals surface area (Å²) in [7, 11) is 0. The van der Waals surface area contributed by atoms with Crippen LogP contribution in [0.15, 0.2) is 84.9 Å². The lowest BCUT2D eigenvalue weighted by atomic mass is 9.95. The van der Waals surface area contributed by atoms with Crippen molar-refractivity contribution in [1.82, 2.24) is 10.2 Å². The predicted molar refractivity (Wildman–Crippen MR) is 123 cm³/mol. The van der Waals surface area contributed by atoms with Crippen LogP contribution in [-0.2, 0) is 11.2 Å². The van der Waals surface area contributed by atoms with Crippen molar-refractivity contribution in [2.24, 2.45) is 5.92 Å². The van der Waals surface area contributed by atoms with Gasteiger partial charge in [-0.2, -0.15) is 0 Å². The van der Waals surface area contributed by atoms with Crippen molar-refractivity contribution in [2.45, 2.75) is 32.4 Å². The first-order valence-corrected chi connectivity index (χ1v) is 10.8. The van der Waals surface area contributed by atoms with E-state index in [-0.39, 0.29) is 24.3 Å². The van der Waals surface area contributed by atoms with Crippen molar-refractivity contribution in [3.05, 3.63) is 107 Å². The van der Waals surface area contributed by atoms with Gasteiger partial charge in [-0.25, -0.2) is 0 Å². The van der Waals surface area contributed by atoms with E-state index >= 15 is 0 Å². The second kappa shape index (κ2) is 9.18. The van der Waals surface area contributed by atoms with Crippen molar-refractivity contribution in [2.75, 3.05) is 0 Å². The maximum absolute atomic E-state index is 13.6. The minimum atomic E-state index is -0.949. The van der Waals surface area contributed by atoms with Gasteiger partial charge in [-0.1, -0.05) is 86.6 Å². The van der Waals surface area contributed by atoms with Gasteiger partial charge in [-0.15, -0.1) is 0 Å². The third-order valence-corrected chi connectivity index (χ3v) is 5.83. The topological polar surface area (TPSA) is 66.5 Å². The summed E-state index contributed by atoms with van der Waals surface area (Å²) in [5.41, 5.74) is 2.54. The molecular formula is C27H26N2O3. The summed E-state index contributed by atoms with van der Waals surface area (Å²) in [5.74, 6) is -1.07. The molecule has 1 N–H and O–H groups in total. The molecule has 0 unspecified atom stereocenters. The number of fused-ring (bicyclic) bond motifs is 1. The van der Waals surface area contributed by atoms with E-state index in [2.05, 4.69) is 5.32 Å². The van der Waals surface area contributed by atoms with Gasteiger partial charge in [0.2, 0.25) is 5.91 Å². The van der Waals surface area contributed by atoms with Gasteiger partial charge in [0.15, 0.2) is 0 Å². The van der Waals surface area contributed by atoms with Gasteiger partial charge in [0, 0.05) is 6.42 Å². The Morgan fingerprint density at radius 1 is 0.781 bits per heavy atom. The molecule has 3 aromatic rings. The first-order chi connectivity index (χ1) is 15.5. The van der Waals surface area contributed by atoms with E-state index < -0.39 is 17.9 Å². The Bertz CT molecular complexity index is 1090. The van der Waals surface area contributed by atoms with E-state index in [1.165, 1.54) is 0 Å². The molecule has 4 rings (SSSR count). The van der Waals surface area contributed by atoms with Gasteiger partial charge >= 0.3 is 0 Å². The Kier molecular flexibility index (Phi) is 6.17. The molecular weight excluding hydrogens is 400 g/mol. The van der Waals surface area contributed by atoms with E-state index in [9.17, 15) is 14.4 Å². The zero-order chi connectivity index (χ0) is 22.7. The molecule has 0 bridgehead atoms. The van der Waals surface area contributed by atoms with Crippen LogP contribution >= 0.6 is 0 Å². The number of benzene rings is 3. The number of carbonyl (C=O) groups is 3. The Labute approximate surface area is 188 Å². The fourth-order valence-electron chi connectivity index (χ4n) is 4.17. The second-order valence-electron chi connectivity index (χ2n) is 8.37. The van der Waals surface area contributed by atoms with Crippen LogP contribution in [0.3, 0.4) is 0 Å². The van der Waals surface area contributed by atoms with E-state index in [4.69, 9.17) is 0 Å². The summed E-state index contributed by atoms with van der Waals surface area (Å²) in [5, 5.41) is 3.11. The summed E-state index contributed by atoms with van der Waals surface area (Å²) in [6, 6.07) is 24.7. The van der Waals surface area contributed by atoms with E-state index in [0.717, 1.165) is 16.0 Å². The van der Waals surface area contributed by atoms with E-state index in [1.54, 1.807) is 24.3 Å². The van der Waals surface area contributed by atoms with Gasteiger partial charge in [-0.3, -0.25) is 19.3 Å². The quantitative estimate of drug-likeness (QED) is 0.569. The van der Waals surface area contributed by atoms with Crippen LogP contribution in [0.25, 0.3) is 0 Å². The lowest BCUT2D eigenvalue weighted by Gasteiger charge is -2.29. The number of nitrogens with one attached hydrogen (secondary N) is 1. The molecule has 5 nitrogen and oxygen atoms in total. The monoisotopic (exact) mass is 426 g/mol. The smallest absolute Gasteiger partial charge is 0.262 e. The average molecular weight is 427 g/mol. The molecule has 0 spiro atoms. The maximum atomic E-state index is 13.6. The van der Waals surface area contributed by atoms with Crippen molar-refractivity contribution in [1.29, 1.82) is 0 Å². The summed E-state index contributed by atoms with van der Waals surface area (Å²) in [4.78, 5) is 41.0. The van der Waals surface area contributed by atoms with Crippen LogP contribution < -0.4 is 5.32 Å². The number of hydrogen-bond acceptors (Lipinski definition) is 3. The molecule has 1 aliphatic rings. The molecule has 0 saturated carbocycles. The molecule has 0 radical (unpaired) electrons. The highest BCUT2D eigenvalue weighted by Gasteiger charge is 2.43. The molecule has 3 amide bonds. The molecule has 1 heterocycles. The minimum absolute atomic E-state index is 0.126. The van der Waals surface area contributed by atoms with Crippen LogP contribution in [0.1, 0.15) is 51.7 Å². The zero-order valence-electron chi connectivity index (χ0n) is 18.2. The Balaban J connectivity index is 1.68. The van der Waals surface area contributed by atoms with Crippen molar-refractivity contribution in [3.8, 4) is 0 Å². The van der Waals surface area contributed by atoms with Crippen LogP contribution in [-0.4, -0.2) is 28.7 Å². The normalized spacial score (nSPS) is 14.9. The third-order valence-electron chi connectivity index (χ3n) is 5.83. The average Bonchev–Trinajstić information content (AvgIpc) is 3.07. The highest BCUT2D eigenvalue weighted by molar-refractivity contribution is 6.22. The number of carbonyl (C=O) groups excluding carboxylic acids is 3. The van der Waals surface area contributed by atoms with Crippen LogP contribution in [0, 0.1) is 5.92 Å². The van der Waals surface area contributed by atoms with Gasteiger partial charge < -0.3 is 5.32 Å². The van der Waals surface area contributed by atoms with Crippen LogP contribution in [0.5, 0.6) is 0 Å². The molecule has 32 heavy (non-hydrogen) atoms. The van der Waals surface area contributed by atoms with Crippen LogP contribution in [0.4, 0.5) is 0 Å². The minimum Gasteiger partial charge on any atom is -0.347 e. The number of amides is 3. The maximum Gasteiger partial charge on any atom is 0.262 e. The molecule has 0 fully saturated rings. The molecule has 162 valence electrons. The largest absolute Gasteiger partial charge is 0.347 e. The molecule has 3 aromatic carbocycles. The molecule has 0 saturated heterocycles. The fraction of sp³-hybridized carbons (Fsp3) is 0.222. The standard InChI is InChI=1S/C27H26N2O3/c1-18(2)24(20-13-7-4-8-14-20)28-25(30)23(17-19-11-5-3-6-12-19)29-26(31)21-15-9-10-16-22(21)27(29)32/h3-16,18,23-24H,17H2,1-2H3,(H,28,30)/t23-,24-/m0/s1. The van der Waals surface area contributed by atoms with Gasteiger partial charge in [0.05, 0.1) is 17.2 Å². The first-order valence-electron chi connectivity index (χ1n) is 10.8. The Morgan fingerprint density at radius 2 is 1.28 bits per heavy atom. The molecule has 0 aromatic heterocycles. The SMILES string of the molecule is CC(C)[C@H](NC(=O)[C@H](Cc1ccccc1)N1C(=O)c2ccccc2C1=O)c1ccccc1. The highest BCUT2D eigenvalue weighted by Crippen LogP contribution is 2.27. The predicted octanol–water partition coefficient (Wildman–Crippen LogP) is 4.41. The Hall–Kier alpha value is -3.73. The van der Waals surface area contributed by atoms with Crippen LogP contribution in [0.2, 0.25) is 0 Å². The summed E-state index contributed by atoms with van der Waals surface area (Å²) < 4.78 is 0. The molecule has 0 aliphatic carbocycles. The lowest BCUT2D eigenvalue weighted by molar-refractivity contribution is -0.126. The van der Waals surface area contributed by atoms with Crippen molar-refractivity contribution >= 4 is 17.7 Å². The van der Waals surface area contributed by atoms with Gasteiger partial charge in [0.25, 0.3) is 11.8 Å². The second-order valence-corrected chi connectivity index (χ2v) is 8.37. The number of imide groups is 1. The number of hydrogen-bond donors (Lipinski definition) is 1. The fourth-order valence-corrected chi connectivity index (χ4v) is 4.17. The van der Waals surface area contributed by atoms with Crippen molar-refractivity contribution < 1.29 is 14.4 Å². The Morgan fingerprint density at radius 3 is 1.81 bits per heavy atom. The molecule has 1 aliphatic heterocycles. The van der Waals surface area contributed by atoms with Crippen molar-refractivity contribution in [3.63, 3.8) is 0 Å². The summed E-state index contributed by atoms with van der Waals surface area (Å²) in [6.07, 6.45) is 0.248.